The highest BCUT2D eigenvalue weighted by Gasteiger charge is 2.05. The smallest absolute Gasteiger partial charge is 0.121 e. The molecule has 0 amide bonds. The van der Waals surface area contributed by atoms with Gasteiger partial charge in [-0.15, -0.1) is 0 Å². The molecule has 3 heteroatoms. The number of benzene rings is 1. The Balaban J connectivity index is 2.80. The number of methoxy groups -OCH3 is 1. The molecule has 1 N–H and O–H groups in total. The Morgan fingerprint density at radius 3 is 2.58 bits per heavy atom. The van der Waals surface area contributed by atoms with Crippen molar-refractivity contribution in [3.63, 3.8) is 0 Å². The van der Waals surface area contributed by atoms with Crippen LogP contribution in [-0.4, -0.2) is 18.5 Å². The summed E-state index contributed by atoms with van der Waals surface area (Å²) in [5.41, 5.74) is 0.970. The van der Waals surface area contributed by atoms with Crippen LogP contribution in [0, 0.1) is 0 Å². The van der Waals surface area contributed by atoms with Gasteiger partial charge in [0.25, 0.3) is 0 Å². The SMILES string of the molecule is CO[C@@H](/C=N\O)c1ccccc1. The number of ether oxygens (including phenoxy) is 1. The van der Waals surface area contributed by atoms with Crippen LogP contribution in [0.3, 0.4) is 0 Å². The molecular weight excluding hydrogens is 154 g/mol. The van der Waals surface area contributed by atoms with Crippen molar-refractivity contribution in [2.75, 3.05) is 7.11 Å². The molecule has 0 spiro atoms. The third-order valence-electron chi connectivity index (χ3n) is 1.58. The number of nitrogens with zero attached hydrogens (tertiary/aromatic N) is 1. The largest absolute Gasteiger partial charge is 0.411 e. The fourth-order valence-corrected chi connectivity index (χ4v) is 0.986. The van der Waals surface area contributed by atoms with E-state index in [0.717, 1.165) is 5.56 Å². The second-order valence-electron chi connectivity index (χ2n) is 2.33. The topological polar surface area (TPSA) is 41.8 Å². The van der Waals surface area contributed by atoms with E-state index >= 15 is 0 Å². The molecule has 0 radical (unpaired) electrons. The number of hydrogen-bond donors (Lipinski definition) is 1. The van der Waals surface area contributed by atoms with Crippen LogP contribution in [0.1, 0.15) is 11.7 Å². The predicted molar refractivity (Wildman–Crippen MR) is 46.5 cm³/mol. The molecule has 0 heterocycles. The molecule has 0 saturated heterocycles. The monoisotopic (exact) mass is 165 g/mol. The lowest BCUT2D eigenvalue weighted by Crippen LogP contribution is -2.02. The van der Waals surface area contributed by atoms with Crippen LogP contribution >= 0.6 is 0 Å². The van der Waals surface area contributed by atoms with Gasteiger partial charge in [-0.3, -0.25) is 0 Å². The van der Waals surface area contributed by atoms with Gasteiger partial charge in [-0.05, 0) is 5.56 Å². The second kappa shape index (κ2) is 4.51. The molecule has 0 aliphatic heterocycles. The van der Waals surface area contributed by atoms with E-state index in [-0.39, 0.29) is 6.10 Å². The predicted octanol–water partition coefficient (Wildman–Crippen LogP) is 1.83. The van der Waals surface area contributed by atoms with Crippen molar-refractivity contribution in [3.05, 3.63) is 35.9 Å². The zero-order chi connectivity index (χ0) is 8.81. The third-order valence-corrected chi connectivity index (χ3v) is 1.58. The summed E-state index contributed by atoms with van der Waals surface area (Å²) in [4.78, 5) is 0. The van der Waals surface area contributed by atoms with Crippen molar-refractivity contribution in [1.82, 2.24) is 0 Å². The van der Waals surface area contributed by atoms with Crippen LogP contribution in [0.4, 0.5) is 0 Å². The lowest BCUT2D eigenvalue weighted by molar-refractivity contribution is 0.158. The Kier molecular flexibility index (Phi) is 3.29. The molecular formula is C9H11NO2. The van der Waals surface area contributed by atoms with Gasteiger partial charge in [0.05, 0.1) is 6.21 Å². The van der Waals surface area contributed by atoms with Gasteiger partial charge >= 0.3 is 0 Å². The maximum atomic E-state index is 8.32. The van der Waals surface area contributed by atoms with Crippen molar-refractivity contribution >= 4 is 6.21 Å². The Labute approximate surface area is 71.3 Å². The van der Waals surface area contributed by atoms with Gasteiger partial charge in [-0.2, -0.15) is 0 Å². The fourth-order valence-electron chi connectivity index (χ4n) is 0.986. The fraction of sp³-hybridized carbons (Fsp3) is 0.222. The number of oxime groups is 1. The highest BCUT2D eigenvalue weighted by molar-refractivity contribution is 5.65. The van der Waals surface area contributed by atoms with Crippen LogP contribution in [0.2, 0.25) is 0 Å². The van der Waals surface area contributed by atoms with E-state index in [1.54, 1.807) is 7.11 Å². The average Bonchev–Trinajstić information content (AvgIpc) is 2.15. The van der Waals surface area contributed by atoms with Crippen LogP contribution in [-0.2, 0) is 4.74 Å². The Morgan fingerprint density at radius 1 is 1.42 bits per heavy atom. The van der Waals surface area contributed by atoms with Crippen molar-refractivity contribution in [3.8, 4) is 0 Å². The van der Waals surface area contributed by atoms with E-state index in [4.69, 9.17) is 9.94 Å². The van der Waals surface area contributed by atoms with Gasteiger partial charge in [0.1, 0.15) is 6.10 Å². The molecule has 0 aliphatic carbocycles. The van der Waals surface area contributed by atoms with Gasteiger partial charge in [0.2, 0.25) is 0 Å². The van der Waals surface area contributed by atoms with Crippen molar-refractivity contribution in [1.29, 1.82) is 0 Å². The molecule has 64 valence electrons. The standard InChI is InChI=1S/C9H11NO2/c1-12-9(7-10-11)8-5-3-2-4-6-8/h2-7,9,11H,1H3/b10-7-/t9-/m0/s1. The lowest BCUT2D eigenvalue weighted by atomic mass is 10.1. The molecule has 3 nitrogen and oxygen atoms in total. The van der Waals surface area contributed by atoms with Crippen molar-refractivity contribution in [2.45, 2.75) is 6.10 Å². The lowest BCUT2D eigenvalue weighted by Gasteiger charge is -2.08. The van der Waals surface area contributed by atoms with E-state index in [1.165, 1.54) is 6.21 Å². The highest BCUT2D eigenvalue weighted by atomic mass is 16.5. The maximum Gasteiger partial charge on any atom is 0.121 e. The summed E-state index contributed by atoms with van der Waals surface area (Å²) >= 11 is 0. The highest BCUT2D eigenvalue weighted by Crippen LogP contribution is 2.12. The van der Waals surface area contributed by atoms with E-state index in [2.05, 4.69) is 5.16 Å². The van der Waals surface area contributed by atoms with Crippen LogP contribution in [0.25, 0.3) is 0 Å². The normalized spacial score (nSPS) is 13.4. The summed E-state index contributed by atoms with van der Waals surface area (Å²) in [6.45, 7) is 0. The molecule has 1 atom stereocenters. The summed E-state index contributed by atoms with van der Waals surface area (Å²) in [5, 5.41) is 11.3. The molecule has 1 rings (SSSR count). The summed E-state index contributed by atoms with van der Waals surface area (Å²) in [5.74, 6) is 0. The van der Waals surface area contributed by atoms with Crippen LogP contribution < -0.4 is 0 Å². The summed E-state index contributed by atoms with van der Waals surface area (Å²) in [6.07, 6.45) is 1.08. The molecule has 1 aromatic rings. The minimum absolute atomic E-state index is 0.267. The second-order valence-corrected chi connectivity index (χ2v) is 2.33. The zero-order valence-electron chi connectivity index (χ0n) is 6.84. The Morgan fingerprint density at radius 2 is 2.08 bits per heavy atom. The minimum atomic E-state index is -0.267. The maximum absolute atomic E-state index is 8.32. The number of hydrogen-bond acceptors (Lipinski definition) is 3. The molecule has 12 heavy (non-hydrogen) atoms. The van der Waals surface area contributed by atoms with Gasteiger partial charge < -0.3 is 9.94 Å². The van der Waals surface area contributed by atoms with E-state index in [1.807, 2.05) is 30.3 Å². The third kappa shape index (κ3) is 2.07. The molecule has 1 aromatic carbocycles. The van der Waals surface area contributed by atoms with Crippen LogP contribution in [0.5, 0.6) is 0 Å². The first-order valence-electron chi connectivity index (χ1n) is 3.63. The molecule has 0 aromatic heterocycles. The molecule has 0 fully saturated rings. The summed E-state index contributed by atoms with van der Waals surface area (Å²) in [7, 11) is 1.57. The van der Waals surface area contributed by atoms with Crippen molar-refractivity contribution in [2.24, 2.45) is 5.16 Å². The molecule has 0 bridgehead atoms. The van der Waals surface area contributed by atoms with Gasteiger partial charge in [0, 0.05) is 7.11 Å². The quantitative estimate of drug-likeness (QED) is 0.422. The molecule has 0 aliphatic rings. The number of rotatable bonds is 3. The average molecular weight is 165 g/mol. The van der Waals surface area contributed by atoms with Gasteiger partial charge in [0.15, 0.2) is 0 Å². The van der Waals surface area contributed by atoms with Crippen molar-refractivity contribution < 1.29 is 9.94 Å². The minimum Gasteiger partial charge on any atom is -0.411 e. The Hall–Kier alpha value is -1.35. The van der Waals surface area contributed by atoms with E-state index in [0.29, 0.717) is 0 Å². The molecule has 0 unspecified atom stereocenters. The summed E-state index contributed by atoms with van der Waals surface area (Å²) in [6, 6.07) is 9.57. The first-order chi connectivity index (χ1) is 5.88. The zero-order valence-corrected chi connectivity index (χ0v) is 6.84. The van der Waals surface area contributed by atoms with E-state index in [9.17, 15) is 0 Å². The van der Waals surface area contributed by atoms with Gasteiger partial charge in [-0.25, -0.2) is 0 Å². The first-order valence-corrected chi connectivity index (χ1v) is 3.63. The van der Waals surface area contributed by atoms with Crippen LogP contribution in [0.15, 0.2) is 35.5 Å². The van der Waals surface area contributed by atoms with E-state index < -0.39 is 0 Å². The summed E-state index contributed by atoms with van der Waals surface area (Å²) < 4.78 is 5.07. The Bertz CT molecular complexity index is 246. The first kappa shape index (κ1) is 8.74. The van der Waals surface area contributed by atoms with Gasteiger partial charge in [-0.1, -0.05) is 35.5 Å². The molecule has 0 saturated carbocycles.